The van der Waals surface area contributed by atoms with E-state index in [2.05, 4.69) is 39.5 Å². The normalized spacial score (nSPS) is 20.4. The number of carbonyl (C=O) groups is 4. The third-order valence-corrected chi connectivity index (χ3v) is 9.40. The van der Waals surface area contributed by atoms with Crippen LogP contribution >= 0.6 is 0 Å². The summed E-state index contributed by atoms with van der Waals surface area (Å²) in [4.78, 5) is 51.1. The highest BCUT2D eigenvalue weighted by Gasteiger charge is 2.52. The van der Waals surface area contributed by atoms with Crippen LogP contribution in [0.5, 0.6) is 0 Å². The lowest BCUT2D eigenvalue weighted by Gasteiger charge is -2.56. The molecule has 40 heavy (non-hydrogen) atoms. The Kier molecular flexibility index (Phi) is 14.6. The van der Waals surface area contributed by atoms with Gasteiger partial charge in [-0.25, -0.2) is 0 Å². The molecule has 9 nitrogen and oxygen atoms in total. The Bertz CT molecular complexity index is 821. The zero-order valence-corrected chi connectivity index (χ0v) is 25.7. The molecule has 1 aliphatic rings. The van der Waals surface area contributed by atoms with Gasteiger partial charge in [-0.05, 0) is 65.8 Å². The van der Waals surface area contributed by atoms with Crippen molar-refractivity contribution in [1.29, 1.82) is 0 Å². The molecule has 0 saturated carbocycles. The van der Waals surface area contributed by atoms with Crippen LogP contribution in [0.4, 0.5) is 0 Å². The average molecular weight is 570 g/mol. The highest BCUT2D eigenvalue weighted by Crippen LogP contribution is 2.48. The molecule has 9 heteroatoms. The van der Waals surface area contributed by atoms with Gasteiger partial charge in [-0.1, -0.05) is 71.1 Å². The molecule has 1 aliphatic heterocycles. The van der Waals surface area contributed by atoms with Gasteiger partial charge < -0.3 is 20.4 Å². The second kappa shape index (κ2) is 16.3. The zero-order valence-electron chi connectivity index (χ0n) is 25.7. The summed E-state index contributed by atoms with van der Waals surface area (Å²) in [6.07, 6.45) is 11.9. The molecule has 0 aromatic carbocycles. The van der Waals surface area contributed by atoms with Gasteiger partial charge in [-0.3, -0.25) is 24.1 Å². The minimum atomic E-state index is -1.84. The van der Waals surface area contributed by atoms with Crippen molar-refractivity contribution in [2.45, 2.75) is 136 Å². The maximum absolute atomic E-state index is 12.8. The van der Waals surface area contributed by atoms with Crippen molar-refractivity contribution in [3.63, 3.8) is 0 Å². The lowest BCUT2D eigenvalue weighted by atomic mass is 9.61. The van der Waals surface area contributed by atoms with Crippen LogP contribution in [-0.2, 0) is 19.2 Å². The van der Waals surface area contributed by atoms with Gasteiger partial charge in [0.2, 0.25) is 0 Å². The van der Waals surface area contributed by atoms with E-state index >= 15 is 0 Å². The van der Waals surface area contributed by atoms with Crippen molar-refractivity contribution >= 4 is 23.9 Å². The molecule has 0 aliphatic carbocycles. The van der Waals surface area contributed by atoms with Gasteiger partial charge in [0, 0.05) is 11.1 Å². The van der Waals surface area contributed by atoms with Crippen LogP contribution in [0.25, 0.3) is 0 Å². The number of piperidine rings is 1. The van der Waals surface area contributed by atoms with Gasteiger partial charge in [0.15, 0.2) is 0 Å². The summed E-state index contributed by atoms with van der Waals surface area (Å²) in [6.45, 7) is 10.6. The molecule has 0 amide bonds. The maximum Gasteiger partial charge on any atom is 0.308 e. The quantitative estimate of drug-likeness (QED) is 0.122. The fraction of sp³-hybridized carbons (Fsp3) is 0.871. The summed E-state index contributed by atoms with van der Waals surface area (Å²) in [5.74, 6) is -11.9. The van der Waals surface area contributed by atoms with Gasteiger partial charge in [0.05, 0.1) is 24.2 Å². The molecule has 1 saturated heterocycles. The van der Waals surface area contributed by atoms with Crippen LogP contribution in [0.15, 0.2) is 0 Å². The number of carboxylic acid groups (broad SMARTS) is 4. The van der Waals surface area contributed by atoms with Crippen molar-refractivity contribution in [3.05, 3.63) is 0 Å². The van der Waals surface area contributed by atoms with E-state index in [-0.39, 0.29) is 17.0 Å². The molecule has 0 bridgehead atoms. The van der Waals surface area contributed by atoms with E-state index < -0.39 is 54.0 Å². The van der Waals surface area contributed by atoms with Crippen molar-refractivity contribution in [1.82, 2.24) is 4.90 Å². The third-order valence-electron chi connectivity index (χ3n) is 9.40. The van der Waals surface area contributed by atoms with E-state index in [0.717, 1.165) is 25.7 Å². The number of unbranched alkanes of at least 4 members (excludes halogenated alkanes) is 9. The van der Waals surface area contributed by atoms with Gasteiger partial charge >= 0.3 is 23.9 Å². The standard InChI is InChI=1S/C31H55NO8/c1-7-8-9-10-11-12-13-14-15-16-17-22(21-19-30(2,3)32(6)31(4,5)20-21)25(28(37)38)26(29(39)40)23(27(35)36)18-24(33)34/h21-23,25-26H,7-20H2,1-6H3,(H,33,34)(H,35,36)(H,37,38)(H,39,40). The Labute approximate surface area is 240 Å². The molecule has 4 N–H and O–H groups in total. The first-order valence-corrected chi connectivity index (χ1v) is 15.2. The van der Waals surface area contributed by atoms with Crippen molar-refractivity contribution in [2.24, 2.45) is 29.6 Å². The van der Waals surface area contributed by atoms with Gasteiger partial charge in [-0.15, -0.1) is 0 Å². The molecule has 1 heterocycles. The lowest BCUT2D eigenvalue weighted by Crippen LogP contribution is -2.60. The molecule has 232 valence electrons. The summed E-state index contributed by atoms with van der Waals surface area (Å²) in [5.41, 5.74) is -0.561. The van der Waals surface area contributed by atoms with Crippen LogP contribution in [0, 0.1) is 29.6 Å². The van der Waals surface area contributed by atoms with E-state index in [1.54, 1.807) is 0 Å². The fourth-order valence-corrected chi connectivity index (χ4v) is 7.06. The maximum atomic E-state index is 12.8. The molecular formula is C31H55NO8. The third kappa shape index (κ3) is 10.7. The van der Waals surface area contributed by atoms with Crippen LogP contribution in [0.1, 0.15) is 125 Å². The molecule has 0 radical (unpaired) electrons. The minimum absolute atomic E-state index is 0.151. The SMILES string of the molecule is CCCCCCCCCCCCC(C1CC(C)(C)N(C)C(C)(C)C1)C(C(=O)O)C(C(=O)O)C(CC(=O)O)C(=O)O. The molecule has 1 fully saturated rings. The molecule has 0 aromatic heterocycles. The number of aliphatic carboxylic acids is 4. The molecule has 1 rings (SSSR count). The van der Waals surface area contributed by atoms with E-state index in [4.69, 9.17) is 0 Å². The average Bonchev–Trinajstić information content (AvgIpc) is 2.82. The van der Waals surface area contributed by atoms with Crippen LogP contribution in [0.2, 0.25) is 0 Å². The highest BCUT2D eigenvalue weighted by atomic mass is 16.4. The summed E-state index contributed by atoms with van der Waals surface area (Å²) in [5, 5.41) is 39.7. The molecule has 0 spiro atoms. The molecule has 0 aromatic rings. The highest BCUT2D eigenvalue weighted by molar-refractivity contribution is 5.87. The Morgan fingerprint density at radius 3 is 1.50 bits per heavy atom. The second-order valence-electron chi connectivity index (χ2n) is 13.3. The Hall–Kier alpha value is -2.16. The fourth-order valence-electron chi connectivity index (χ4n) is 7.06. The van der Waals surface area contributed by atoms with Gasteiger partial charge in [-0.2, -0.15) is 0 Å². The van der Waals surface area contributed by atoms with Gasteiger partial charge in [0.1, 0.15) is 0 Å². The zero-order chi connectivity index (χ0) is 30.7. The second-order valence-corrected chi connectivity index (χ2v) is 13.3. The van der Waals surface area contributed by atoms with E-state index in [1.165, 1.54) is 38.5 Å². The number of nitrogens with zero attached hydrogens (tertiary/aromatic N) is 1. The Balaban J connectivity index is 3.24. The minimum Gasteiger partial charge on any atom is -0.481 e. The van der Waals surface area contributed by atoms with E-state index in [9.17, 15) is 39.6 Å². The predicted octanol–water partition coefficient (Wildman–Crippen LogP) is 6.39. The van der Waals surface area contributed by atoms with Crippen LogP contribution in [0.3, 0.4) is 0 Å². The summed E-state index contributed by atoms with van der Waals surface area (Å²) in [7, 11) is 2.04. The summed E-state index contributed by atoms with van der Waals surface area (Å²) >= 11 is 0. The van der Waals surface area contributed by atoms with Crippen molar-refractivity contribution in [3.8, 4) is 0 Å². The van der Waals surface area contributed by atoms with Crippen molar-refractivity contribution in [2.75, 3.05) is 7.05 Å². The molecule has 4 atom stereocenters. The number of hydrogen-bond donors (Lipinski definition) is 4. The molecule has 4 unspecified atom stereocenters. The first kappa shape index (κ1) is 35.9. The largest absolute Gasteiger partial charge is 0.481 e. The van der Waals surface area contributed by atoms with Gasteiger partial charge in [0.25, 0.3) is 0 Å². The van der Waals surface area contributed by atoms with E-state index in [1.807, 2.05) is 7.05 Å². The van der Waals surface area contributed by atoms with E-state index in [0.29, 0.717) is 19.3 Å². The molecular weight excluding hydrogens is 514 g/mol. The number of likely N-dealkylation sites (tertiary alicyclic amines) is 1. The van der Waals surface area contributed by atoms with Crippen LogP contribution < -0.4 is 0 Å². The smallest absolute Gasteiger partial charge is 0.308 e. The number of hydrogen-bond acceptors (Lipinski definition) is 5. The monoisotopic (exact) mass is 569 g/mol. The Morgan fingerprint density at radius 1 is 0.700 bits per heavy atom. The summed E-state index contributed by atoms with van der Waals surface area (Å²) in [6, 6.07) is 0. The lowest BCUT2D eigenvalue weighted by molar-refractivity contribution is -0.168. The predicted molar refractivity (Wildman–Crippen MR) is 154 cm³/mol. The topological polar surface area (TPSA) is 152 Å². The first-order chi connectivity index (χ1) is 18.6. The number of carboxylic acids is 4. The van der Waals surface area contributed by atoms with Crippen LogP contribution in [-0.4, -0.2) is 67.3 Å². The van der Waals surface area contributed by atoms with Crippen molar-refractivity contribution < 1.29 is 39.6 Å². The number of rotatable bonds is 20. The first-order valence-electron chi connectivity index (χ1n) is 15.2. The summed E-state index contributed by atoms with van der Waals surface area (Å²) < 4.78 is 0. The Morgan fingerprint density at radius 2 is 1.12 bits per heavy atom.